The van der Waals surface area contributed by atoms with Crippen molar-refractivity contribution in [1.29, 1.82) is 0 Å². The largest absolute Gasteiger partial charge is 0.463 e. The van der Waals surface area contributed by atoms with Gasteiger partial charge < -0.3 is 19.4 Å². The third-order valence-electron chi connectivity index (χ3n) is 3.84. The van der Waals surface area contributed by atoms with Gasteiger partial charge in [0.15, 0.2) is 5.58 Å². The quantitative estimate of drug-likeness (QED) is 0.688. The minimum absolute atomic E-state index is 0.0625. The smallest absolute Gasteiger partial charge is 0.268 e. The molecule has 2 N–H and O–H groups in total. The molecule has 0 saturated carbocycles. The van der Waals surface area contributed by atoms with E-state index in [-0.39, 0.29) is 12.5 Å². The molecule has 0 radical (unpaired) electrons. The average Bonchev–Trinajstić information content (AvgIpc) is 3.12. The van der Waals surface area contributed by atoms with Crippen LogP contribution in [0.2, 0.25) is 0 Å². The van der Waals surface area contributed by atoms with E-state index in [2.05, 4.69) is 29.6 Å². The summed E-state index contributed by atoms with van der Waals surface area (Å²) in [6.45, 7) is 3.17. The van der Waals surface area contributed by atoms with E-state index in [1.165, 1.54) is 5.56 Å². The van der Waals surface area contributed by atoms with Crippen molar-refractivity contribution in [3.63, 3.8) is 0 Å². The Balaban J connectivity index is 1.90. The number of nitrogens with zero attached hydrogens (tertiary/aromatic N) is 1. The molecule has 3 aromatic rings. The number of carbonyl (C=O) groups is 1. The lowest BCUT2D eigenvalue weighted by atomic mass is 10.1. The van der Waals surface area contributed by atoms with Crippen molar-refractivity contribution in [3.05, 3.63) is 59.5 Å². The molecule has 5 heteroatoms. The van der Waals surface area contributed by atoms with Crippen molar-refractivity contribution in [2.45, 2.75) is 19.9 Å². The summed E-state index contributed by atoms with van der Waals surface area (Å²) in [4.78, 5) is 12.4. The Kier molecular flexibility index (Phi) is 4.48. The van der Waals surface area contributed by atoms with Crippen LogP contribution in [0.4, 0.5) is 0 Å². The minimum Gasteiger partial charge on any atom is -0.463 e. The van der Waals surface area contributed by atoms with Crippen LogP contribution in [0.1, 0.15) is 28.0 Å². The molecule has 0 atom stereocenters. The topological polar surface area (TPSA) is 67.4 Å². The van der Waals surface area contributed by atoms with Crippen molar-refractivity contribution in [2.75, 3.05) is 13.2 Å². The Morgan fingerprint density at radius 2 is 2.04 bits per heavy atom. The van der Waals surface area contributed by atoms with Crippen molar-refractivity contribution in [2.24, 2.45) is 0 Å². The van der Waals surface area contributed by atoms with E-state index in [0.717, 1.165) is 11.1 Å². The molecule has 0 saturated heterocycles. The molecule has 0 aliphatic heterocycles. The van der Waals surface area contributed by atoms with E-state index in [9.17, 15) is 4.79 Å². The first kappa shape index (κ1) is 15.4. The van der Waals surface area contributed by atoms with Gasteiger partial charge in [0.25, 0.3) is 5.91 Å². The second-order valence-electron chi connectivity index (χ2n) is 5.60. The maximum atomic E-state index is 12.4. The molecule has 0 unspecified atom stereocenters. The van der Waals surface area contributed by atoms with Gasteiger partial charge in [0.1, 0.15) is 5.69 Å². The third kappa shape index (κ3) is 3.29. The third-order valence-corrected chi connectivity index (χ3v) is 3.84. The predicted octanol–water partition coefficient (Wildman–Crippen LogP) is 2.70. The molecular weight excluding hydrogens is 292 g/mol. The number of amides is 1. The number of aliphatic hydroxyl groups is 1. The summed E-state index contributed by atoms with van der Waals surface area (Å²) >= 11 is 0. The van der Waals surface area contributed by atoms with Crippen LogP contribution >= 0.6 is 0 Å². The molecule has 0 aliphatic rings. The maximum Gasteiger partial charge on any atom is 0.268 e. The van der Waals surface area contributed by atoms with Gasteiger partial charge in [0.05, 0.1) is 11.8 Å². The number of fused-ring (bicyclic) bond motifs is 1. The molecule has 0 spiro atoms. The SMILES string of the molecule is Cc1ccc(Cn2c(C(=O)NCCCO)cc3occc32)cc1. The number of hydrogen-bond acceptors (Lipinski definition) is 3. The number of furan rings is 1. The second-order valence-corrected chi connectivity index (χ2v) is 5.60. The van der Waals surface area contributed by atoms with Crippen LogP contribution in [-0.2, 0) is 6.54 Å². The molecule has 2 aromatic heterocycles. The number of carbonyl (C=O) groups excluding carboxylic acids is 1. The summed E-state index contributed by atoms with van der Waals surface area (Å²) < 4.78 is 7.39. The van der Waals surface area contributed by atoms with Gasteiger partial charge in [-0.3, -0.25) is 4.79 Å². The zero-order valence-corrected chi connectivity index (χ0v) is 13.1. The van der Waals surface area contributed by atoms with E-state index in [1.54, 1.807) is 12.3 Å². The van der Waals surface area contributed by atoms with Gasteiger partial charge in [-0.25, -0.2) is 0 Å². The number of aromatic nitrogens is 1. The highest BCUT2D eigenvalue weighted by molar-refractivity contribution is 5.97. The normalized spacial score (nSPS) is 11.0. The summed E-state index contributed by atoms with van der Waals surface area (Å²) in [6.07, 6.45) is 2.17. The first-order valence-corrected chi connectivity index (χ1v) is 7.70. The van der Waals surface area contributed by atoms with Crippen LogP contribution in [0.3, 0.4) is 0 Å². The van der Waals surface area contributed by atoms with Crippen molar-refractivity contribution in [1.82, 2.24) is 9.88 Å². The molecule has 1 aromatic carbocycles. The zero-order chi connectivity index (χ0) is 16.2. The Labute approximate surface area is 134 Å². The number of aryl methyl sites for hydroxylation is 1. The Morgan fingerprint density at radius 3 is 2.78 bits per heavy atom. The van der Waals surface area contributed by atoms with Crippen molar-refractivity contribution in [3.8, 4) is 0 Å². The maximum absolute atomic E-state index is 12.4. The van der Waals surface area contributed by atoms with Gasteiger partial charge in [-0.15, -0.1) is 0 Å². The fourth-order valence-corrected chi connectivity index (χ4v) is 2.58. The molecule has 5 nitrogen and oxygen atoms in total. The lowest BCUT2D eigenvalue weighted by molar-refractivity contribution is 0.0942. The fourth-order valence-electron chi connectivity index (χ4n) is 2.58. The standard InChI is InChI=1S/C18H20N2O3/c1-13-3-5-14(6-4-13)12-20-15-7-10-23-17(15)11-16(20)18(22)19-8-2-9-21/h3-7,10-11,21H,2,8-9,12H2,1H3,(H,19,22). The monoisotopic (exact) mass is 312 g/mol. The van der Waals surface area contributed by atoms with Gasteiger partial charge >= 0.3 is 0 Å². The van der Waals surface area contributed by atoms with Crippen LogP contribution < -0.4 is 5.32 Å². The van der Waals surface area contributed by atoms with Gasteiger partial charge in [0, 0.05) is 31.8 Å². The first-order chi connectivity index (χ1) is 11.2. The number of benzene rings is 1. The predicted molar refractivity (Wildman–Crippen MR) is 88.5 cm³/mol. The van der Waals surface area contributed by atoms with Crippen LogP contribution in [0.15, 0.2) is 47.1 Å². The molecule has 3 rings (SSSR count). The lowest BCUT2D eigenvalue weighted by Crippen LogP contribution is -2.27. The van der Waals surface area contributed by atoms with Gasteiger partial charge in [-0.2, -0.15) is 0 Å². The number of nitrogens with one attached hydrogen (secondary N) is 1. The molecule has 0 aliphatic carbocycles. The summed E-state index contributed by atoms with van der Waals surface area (Å²) in [5.41, 5.74) is 4.50. The highest BCUT2D eigenvalue weighted by Crippen LogP contribution is 2.22. The second kappa shape index (κ2) is 6.71. The Bertz CT molecular complexity index is 799. The van der Waals surface area contributed by atoms with Crippen LogP contribution in [0, 0.1) is 6.92 Å². The number of aliphatic hydroxyl groups excluding tert-OH is 1. The van der Waals surface area contributed by atoms with Crippen LogP contribution in [-0.4, -0.2) is 28.7 Å². The summed E-state index contributed by atoms with van der Waals surface area (Å²) in [7, 11) is 0. The van der Waals surface area contributed by atoms with E-state index in [0.29, 0.717) is 30.8 Å². The fraction of sp³-hybridized carbons (Fsp3) is 0.278. The van der Waals surface area contributed by atoms with Crippen molar-refractivity contribution < 1.29 is 14.3 Å². The summed E-state index contributed by atoms with van der Waals surface area (Å²) in [5.74, 6) is -0.156. The molecule has 120 valence electrons. The van der Waals surface area contributed by atoms with Gasteiger partial charge in [-0.1, -0.05) is 29.8 Å². The van der Waals surface area contributed by atoms with Gasteiger partial charge in [-0.05, 0) is 18.9 Å². The van der Waals surface area contributed by atoms with E-state index < -0.39 is 0 Å². The number of hydrogen-bond donors (Lipinski definition) is 2. The van der Waals surface area contributed by atoms with Crippen LogP contribution in [0.25, 0.3) is 11.1 Å². The molecule has 1 amide bonds. The molecule has 2 heterocycles. The highest BCUT2D eigenvalue weighted by Gasteiger charge is 2.17. The summed E-state index contributed by atoms with van der Waals surface area (Å²) in [5, 5.41) is 11.7. The Morgan fingerprint density at radius 1 is 1.26 bits per heavy atom. The van der Waals surface area contributed by atoms with E-state index in [4.69, 9.17) is 9.52 Å². The van der Waals surface area contributed by atoms with Crippen LogP contribution in [0.5, 0.6) is 0 Å². The lowest BCUT2D eigenvalue weighted by Gasteiger charge is -2.11. The minimum atomic E-state index is -0.156. The van der Waals surface area contributed by atoms with Crippen molar-refractivity contribution >= 4 is 17.0 Å². The first-order valence-electron chi connectivity index (χ1n) is 7.70. The van der Waals surface area contributed by atoms with E-state index >= 15 is 0 Å². The summed E-state index contributed by atoms with van der Waals surface area (Å²) in [6, 6.07) is 11.9. The van der Waals surface area contributed by atoms with Gasteiger partial charge in [0.2, 0.25) is 0 Å². The number of rotatable bonds is 6. The molecule has 23 heavy (non-hydrogen) atoms. The molecule has 0 fully saturated rings. The highest BCUT2D eigenvalue weighted by atomic mass is 16.3. The zero-order valence-electron chi connectivity index (χ0n) is 13.1. The average molecular weight is 312 g/mol. The molecule has 0 bridgehead atoms. The Hall–Kier alpha value is -2.53. The van der Waals surface area contributed by atoms with E-state index in [1.807, 2.05) is 17.6 Å². The molecular formula is C18H20N2O3.